The molecule has 2 nitrogen and oxygen atoms in total. The number of hydrogen-bond donors (Lipinski definition) is 0. The molecule has 0 heterocycles. The van der Waals surface area contributed by atoms with E-state index in [1.165, 1.54) is 0 Å². The van der Waals surface area contributed by atoms with Crippen LogP contribution in [0.1, 0.15) is 24.2 Å². The van der Waals surface area contributed by atoms with Crippen LogP contribution in [0.2, 0.25) is 0 Å². The molecule has 0 radical (unpaired) electrons. The molecule has 1 atom stereocenters. The fraction of sp³-hybridized carbons (Fsp3) is 0.250. The molecule has 0 saturated carbocycles. The minimum atomic E-state index is -0.433. The first-order valence-electron chi connectivity index (χ1n) is 4.85. The zero-order valence-electron chi connectivity index (χ0n) is 9.39. The molecule has 0 aliphatic rings. The van der Waals surface area contributed by atoms with E-state index in [1.807, 2.05) is 19.9 Å². The number of hydrogen-bond acceptors (Lipinski definition) is 2. The van der Waals surface area contributed by atoms with Crippen LogP contribution in [-0.2, 0) is 9.53 Å². The molecule has 92 valence electrons. The smallest absolute Gasteiger partial charge is 0.330 e. The summed E-state index contributed by atoms with van der Waals surface area (Å²) in [7, 11) is 0. The molecule has 5 heteroatoms. The van der Waals surface area contributed by atoms with Gasteiger partial charge in [-0.15, -0.1) is 0 Å². The van der Waals surface area contributed by atoms with Crippen LogP contribution in [-0.4, -0.2) is 5.97 Å². The Labute approximate surface area is 126 Å². The Hall–Kier alpha value is -0.130. The third-order valence-corrected chi connectivity index (χ3v) is 4.80. The highest BCUT2D eigenvalue weighted by atomic mass is 79.9. The van der Waals surface area contributed by atoms with E-state index in [0.29, 0.717) is 0 Å². The van der Waals surface area contributed by atoms with Crippen molar-refractivity contribution in [1.29, 1.82) is 0 Å². The second-order valence-electron chi connectivity index (χ2n) is 3.48. The monoisotopic (exact) mass is 424 g/mol. The van der Waals surface area contributed by atoms with Crippen molar-refractivity contribution >= 4 is 53.8 Å². The number of ether oxygens (including phenoxy) is 1. The van der Waals surface area contributed by atoms with Crippen LogP contribution in [0.5, 0.6) is 0 Å². The number of carbonyl (C=O) groups is 1. The van der Waals surface area contributed by atoms with Gasteiger partial charge in [-0.25, -0.2) is 4.79 Å². The Bertz CT molecular complexity index is 469. The SMILES string of the molecule is C=CC(=O)OC(C)c1c(Br)cc(Br)c(C)c1Br. The second-order valence-corrected chi connectivity index (χ2v) is 5.98. The normalized spacial score (nSPS) is 12.1. The minimum absolute atomic E-state index is 0.351. The Morgan fingerprint density at radius 3 is 2.53 bits per heavy atom. The predicted molar refractivity (Wildman–Crippen MR) is 79.0 cm³/mol. The van der Waals surface area contributed by atoms with Crippen molar-refractivity contribution in [2.45, 2.75) is 20.0 Å². The third-order valence-electron chi connectivity index (χ3n) is 2.30. The van der Waals surface area contributed by atoms with Gasteiger partial charge in [0.1, 0.15) is 6.10 Å². The van der Waals surface area contributed by atoms with Crippen molar-refractivity contribution in [3.8, 4) is 0 Å². The first kappa shape index (κ1) is 14.9. The van der Waals surface area contributed by atoms with E-state index in [4.69, 9.17) is 4.74 Å². The van der Waals surface area contributed by atoms with Gasteiger partial charge in [-0.2, -0.15) is 0 Å². The summed E-state index contributed by atoms with van der Waals surface area (Å²) in [6.45, 7) is 7.18. The van der Waals surface area contributed by atoms with Gasteiger partial charge in [0.15, 0.2) is 0 Å². The molecular formula is C12H11Br3O2. The fourth-order valence-electron chi connectivity index (χ4n) is 1.36. The maximum Gasteiger partial charge on any atom is 0.330 e. The Balaban J connectivity index is 3.17. The average molecular weight is 427 g/mol. The Morgan fingerprint density at radius 2 is 2.00 bits per heavy atom. The molecule has 17 heavy (non-hydrogen) atoms. The number of benzene rings is 1. The molecule has 0 fully saturated rings. The zero-order chi connectivity index (χ0) is 13.2. The highest BCUT2D eigenvalue weighted by Crippen LogP contribution is 2.38. The third kappa shape index (κ3) is 3.42. The van der Waals surface area contributed by atoms with Crippen molar-refractivity contribution in [1.82, 2.24) is 0 Å². The lowest BCUT2D eigenvalue weighted by molar-refractivity contribution is -0.142. The van der Waals surface area contributed by atoms with Crippen LogP contribution in [0.3, 0.4) is 0 Å². The van der Waals surface area contributed by atoms with Gasteiger partial charge in [0.05, 0.1) is 0 Å². The van der Waals surface area contributed by atoms with Crippen molar-refractivity contribution in [2.75, 3.05) is 0 Å². The van der Waals surface area contributed by atoms with E-state index >= 15 is 0 Å². The highest BCUT2D eigenvalue weighted by molar-refractivity contribution is 9.11. The van der Waals surface area contributed by atoms with Crippen LogP contribution in [0.4, 0.5) is 0 Å². The van der Waals surface area contributed by atoms with Crippen LogP contribution >= 0.6 is 47.8 Å². The number of halogens is 3. The first-order valence-corrected chi connectivity index (χ1v) is 7.23. The van der Waals surface area contributed by atoms with Crippen molar-refractivity contribution in [2.24, 2.45) is 0 Å². The lowest BCUT2D eigenvalue weighted by atomic mass is 10.1. The molecule has 0 aliphatic carbocycles. The van der Waals surface area contributed by atoms with Crippen LogP contribution < -0.4 is 0 Å². The lowest BCUT2D eigenvalue weighted by Crippen LogP contribution is -2.08. The summed E-state index contributed by atoms with van der Waals surface area (Å²) in [5, 5.41) is 0. The van der Waals surface area contributed by atoms with E-state index < -0.39 is 5.97 Å². The summed E-state index contributed by atoms with van der Waals surface area (Å²) in [5.41, 5.74) is 1.96. The van der Waals surface area contributed by atoms with Gasteiger partial charge in [-0.05, 0) is 25.5 Å². The Kier molecular flexibility index (Phi) is 5.41. The lowest BCUT2D eigenvalue weighted by Gasteiger charge is -2.18. The topological polar surface area (TPSA) is 26.3 Å². The summed E-state index contributed by atoms with van der Waals surface area (Å²) in [4.78, 5) is 11.2. The first-order chi connectivity index (χ1) is 7.88. The molecule has 0 bridgehead atoms. The number of carbonyl (C=O) groups excluding carboxylic acids is 1. The van der Waals surface area contributed by atoms with Crippen molar-refractivity contribution < 1.29 is 9.53 Å². The molecule has 0 N–H and O–H groups in total. The molecule has 1 aromatic carbocycles. The number of rotatable bonds is 3. The maximum absolute atomic E-state index is 11.2. The van der Waals surface area contributed by atoms with E-state index in [9.17, 15) is 4.79 Å². The van der Waals surface area contributed by atoms with E-state index in [1.54, 1.807) is 0 Å². The zero-order valence-corrected chi connectivity index (χ0v) is 14.1. The van der Waals surface area contributed by atoms with Crippen molar-refractivity contribution in [3.63, 3.8) is 0 Å². The fourth-order valence-corrected chi connectivity index (χ4v) is 4.13. The van der Waals surface area contributed by atoms with Gasteiger partial charge in [0.25, 0.3) is 0 Å². The van der Waals surface area contributed by atoms with Gasteiger partial charge in [-0.1, -0.05) is 54.4 Å². The molecule has 1 unspecified atom stereocenters. The second kappa shape index (κ2) is 6.16. The standard InChI is InChI=1S/C12H11Br3O2/c1-4-10(16)17-7(3)11-9(14)5-8(13)6(2)12(11)15/h4-5,7H,1H2,2-3H3. The molecule has 0 aromatic heterocycles. The van der Waals surface area contributed by atoms with Gasteiger partial charge in [-0.3, -0.25) is 0 Å². The minimum Gasteiger partial charge on any atom is -0.455 e. The van der Waals surface area contributed by atoms with Gasteiger partial charge >= 0.3 is 5.97 Å². The van der Waals surface area contributed by atoms with E-state index in [2.05, 4.69) is 54.4 Å². The van der Waals surface area contributed by atoms with Crippen LogP contribution in [0.15, 0.2) is 32.1 Å². The van der Waals surface area contributed by atoms with Crippen molar-refractivity contribution in [3.05, 3.63) is 43.3 Å². The average Bonchev–Trinajstić information content (AvgIpc) is 2.25. The number of esters is 1. The summed E-state index contributed by atoms with van der Waals surface area (Å²) in [6.07, 6.45) is 0.806. The largest absolute Gasteiger partial charge is 0.455 e. The van der Waals surface area contributed by atoms with Gasteiger partial charge in [0, 0.05) is 25.1 Å². The maximum atomic E-state index is 11.2. The van der Waals surface area contributed by atoms with E-state index in [0.717, 1.165) is 30.6 Å². The molecule has 0 spiro atoms. The van der Waals surface area contributed by atoms with E-state index in [-0.39, 0.29) is 6.10 Å². The van der Waals surface area contributed by atoms with Crippen LogP contribution in [0.25, 0.3) is 0 Å². The van der Waals surface area contributed by atoms with Gasteiger partial charge < -0.3 is 4.74 Å². The molecule has 0 saturated heterocycles. The quantitative estimate of drug-likeness (QED) is 0.498. The summed E-state index contributed by atoms with van der Waals surface area (Å²) >= 11 is 10.4. The summed E-state index contributed by atoms with van der Waals surface area (Å²) < 4.78 is 8.00. The molecule has 1 rings (SSSR count). The highest BCUT2D eigenvalue weighted by Gasteiger charge is 2.19. The summed E-state index contributed by atoms with van der Waals surface area (Å²) in [5.74, 6) is -0.433. The Morgan fingerprint density at radius 1 is 1.41 bits per heavy atom. The molecule has 0 aliphatic heterocycles. The molecule has 0 amide bonds. The summed E-state index contributed by atoms with van der Waals surface area (Å²) in [6, 6.07) is 1.94. The molecule has 1 aromatic rings. The van der Waals surface area contributed by atoms with Gasteiger partial charge in [0.2, 0.25) is 0 Å². The molecular weight excluding hydrogens is 416 g/mol. The van der Waals surface area contributed by atoms with Crippen LogP contribution in [0, 0.1) is 6.92 Å². The predicted octanol–water partition coefficient (Wildman–Crippen LogP) is 5.07.